The average molecular weight is 400 g/mol. The Bertz CT molecular complexity index is 1060. The number of anilines is 2. The van der Waals surface area contributed by atoms with Gasteiger partial charge in [0.25, 0.3) is 5.91 Å². The normalized spacial score (nSPS) is 12.8. The monoisotopic (exact) mass is 400 g/mol. The quantitative estimate of drug-likeness (QED) is 0.632. The summed E-state index contributed by atoms with van der Waals surface area (Å²) in [6.07, 6.45) is 2.28. The van der Waals surface area contributed by atoms with Gasteiger partial charge in [-0.05, 0) is 60.4 Å². The highest BCUT2D eigenvalue weighted by Gasteiger charge is 2.16. The van der Waals surface area contributed by atoms with E-state index in [4.69, 9.17) is 4.74 Å². The van der Waals surface area contributed by atoms with Gasteiger partial charge in [-0.2, -0.15) is 0 Å². The summed E-state index contributed by atoms with van der Waals surface area (Å²) in [6, 6.07) is 22.9. The molecular weight excluding hydrogens is 376 g/mol. The molecule has 0 radical (unpaired) electrons. The summed E-state index contributed by atoms with van der Waals surface area (Å²) in [5.74, 6) is -0.651. The molecule has 0 bridgehead atoms. The number of carbonyl (C=O) groups excluding carboxylic acids is 2. The highest BCUT2D eigenvalue weighted by Crippen LogP contribution is 2.28. The summed E-state index contributed by atoms with van der Waals surface area (Å²) >= 11 is 0. The highest BCUT2D eigenvalue weighted by atomic mass is 16.5. The zero-order valence-corrected chi connectivity index (χ0v) is 16.9. The van der Waals surface area contributed by atoms with E-state index in [0.717, 1.165) is 31.5 Å². The minimum Gasteiger partial charge on any atom is -0.465 e. The molecule has 3 aromatic carbocycles. The number of methoxy groups -OCH3 is 1. The Morgan fingerprint density at radius 1 is 0.967 bits per heavy atom. The molecule has 0 fully saturated rings. The Kier molecular flexibility index (Phi) is 5.80. The molecule has 0 aromatic heterocycles. The first-order valence-corrected chi connectivity index (χ1v) is 10.1. The number of para-hydroxylation sites is 1. The van der Waals surface area contributed by atoms with Gasteiger partial charge >= 0.3 is 5.97 Å². The molecule has 1 amide bonds. The second-order valence-electron chi connectivity index (χ2n) is 7.38. The molecule has 152 valence electrons. The SMILES string of the molecule is COC(=O)c1cccc(NC(=O)c2ccc(CN3CCCc4ccccc43)cc2)c1. The topological polar surface area (TPSA) is 58.6 Å². The standard InChI is InChI=1S/C25H24N2O3/c1-30-25(29)21-7-4-9-22(16-21)26-24(28)20-13-11-18(12-14-20)17-27-15-5-8-19-6-2-3-10-23(19)27/h2-4,6-7,9-14,16H,5,8,15,17H2,1H3,(H,26,28). The van der Waals surface area contributed by atoms with Crippen molar-refractivity contribution in [3.63, 3.8) is 0 Å². The fourth-order valence-electron chi connectivity index (χ4n) is 3.80. The molecule has 1 aliphatic heterocycles. The number of hydrogen-bond donors (Lipinski definition) is 1. The predicted octanol–water partition coefficient (Wildman–Crippen LogP) is 4.68. The minimum absolute atomic E-state index is 0.216. The molecule has 4 rings (SSSR count). The van der Waals surface area contributed by atoms with Gasteiger partial charge in [0, 0.05) is 30.0 Å². The van der Waals surface area contributed by atoms with Gasteiger partial charge < -0.3 is 15.0 Å². The Morgan fingerprint density at radius 2 is 1.77 bits per heavy atom. The molecule has 30 heavy (non-hydrogen) atoms. The Balaban J connectivity index is 1.43. The number of benzene rings is 3. The van der Waals surface area contributed by atoms with Crippen LogP contribution in [-0.2, 0) is 17.7 Å². The fourth-order valence-corrected chi connectivity index (χ4v) is 3.80. The van der Waals surface area contributed by atoms with Crippen molar-refractivity contribution in [3.8, 4) is 0 Å². The lowest BCUT2D eigenvalue weighted by Crippen LogP contribution is -2.28. The van der Waals surface area contributed by atoms with Crippen LogP contribution in [0.4, 0.5) is 11.4 Å². The van der Waals surface area contributed by atoms with Gasteiger partial charge in [-0.3, -0.25) is 4.79 Å². The van der Waals surface area contributed by atoms with E-state index in [0.29, 0.717) is 16.8 Å². The second kappa shape index (κ2) is 8.82. The van der Waals surface area contributed by atoms with E-state index in [1.54, 1.807) is 24.3 Å². The van der Waals surface area contributed by atoms with E-state index in [-0.39, 0.29) is 5.91 Å². The molecule has 0 unspecified atom stereocenters. The second-order valence-corrected chi connectivity index (χ2v) is 7.38. The molecule has 0 atom stereocenters. The first-order chi connectivity index (χ1) is 14.6. The van der Waals surface area contributed by atoms with Gasteiger partial charge in [-0.25, -0.2) is 4.79 Å². The van der Waals surface area contributed by atoms with Crippen molar-refractivity contribution in [3.05, 3.63) is 95.1 Å². The van der Waals surface area contributed by atoms with Crippen molar-refractivity contribution in [1.29, 1.82) is 0 Å². The molecule has 1 N–H and O–H groups in total. The molecule has 5 heteroatoms. The van der Waals surface area contributed by atoms with Crippen LogP contribution in [0.15, 0.2) is 72.8 Å². The maximum atomic E-state index is 12.6. The highest BCUT2D eigenvalue weighted by molar-refractivity contribution is 6.04. The van der Waals surface area contributed by atoms with Crippen molar-refractivity contribution in [2.75, 3.05) is 23.9 Å². The third-order valence-electron chi connectivity index (χ3n) is 5.34. The van der Waals surface area contributed by atoms with Crippen LogP contribution in [0, 0.1) is 0 Å². The van der Waals surface area contributed by atoms with E-state index < -0.39 is 5.97 Å². The molecule has 0 saturated carbocycles. The van der Waals surface area contributed by atoms with E-state index >= 15 is 0 Å². The van der Waals surface area contributed by atoms with Crippen molar-refractivity contribution in [2.24, 2.45) is 0 Å². The molecule has 1 aliphatic rings. The van der Waals surface area contributed by atoms with Crippen molar-refractivity contribution < 1.29 is 14.3 Å². The Morgan fingerprint density at radius 3 is 2.57 bits per heavy atom. The van der Waals surface area contributed by atoms with E-state index in [1.165, 1.54) is 18.4 Å². The summed E-state index contributed by atoms with van der Waals surface area (Å²) in [5, 5.41) is 2.83. The van der Waals surface area contributed by atoms with Gasteiger partial charge in [-0.1, -0.05) is 36.4 Å². The summed E-state index contributed by atoms with van der Waals surface area (Å²) in [6.45, 7) is 1.86. The lowest BCUT2D eigenvalue weighted by molar-refractivity contribution is 0.0600. The third-order valence-corrected chi connectivity index (χ3v) is 5.34. The summed E-state index contributed by atoms with van der Waals surface area (Å²) < 4.78 is 4.72. The van der Waals surface area contributed by atoms with Crippen LogP contribution >= 0.6 is 0 Å². The lowest BCUT2D eigenvalue weighted by atomic mass is 10.0. The number of amides is 1. The van der Waals surface area contributed by atoms with Crippen molar-refractivity contribution >= 4 is 23.3 Å². The number of hydrogen-bond acceptors (Lipinski definition) is 4. The number of rotatable bonds is 5. The molecular formula is C25H24N2O3. The predicted molar refractivity (Wildman–Crippen MR) is 118 cm³/mol. The van der Waals surface area contributed by atoms with E-state index in [2.05, 4.69) is 34.5 Å². The number of carbonyl (C=O) groups is 2. The van der Waals surface area contributed by atoms with Gasteiger partial charge in [0.1, 0.15) is 0 Å². The zero-order valence-electron chi connectivity index (χ0n) is 16.9. The fraction of sp³-hybridized carbons (Fsp3) is 0.200. The number of fused-ring (bicyclic) bond motifs is 1. The summed E-state index contributed by atoms with van der Waals surface area (Å²) in [5.41, 5.74) is 5.38. The van der Waals surface area contributed by atoms with Gasteiger partial charge in [0.15, 0.2) is 0 Å². The molecule has 1 heterocycles. The zero-order chi connectivity index (χ0) is 20.9. The minimum atomic E-state index is -0.435. The van der Waals surface area contributed by atoms with Crippen LogP contribution in [0.5, 0.6) is 0 Å². The average Bonchev–Trinajstić information content (AvgIpc) is 2.79. The molecule has 0 spiro atoms. The molecule has 0 saturated heterocycles. The number of nitrogens with zero attached hydrogens (tertiary/aromatic N) is 1. The first-order valence-electron chi connectivity index (χ1n) is 10.1. The van der Waals surface area contributed by atoms with Gasteiger partial charge in [0.05, 0.1) is 12.7 Å². The van der Waals surface area contributed by atoms with Crippen LogP contribution in [0.25, 0.3) is 0 Å². The molecule has 0 aliphatic carbocycles. The Labute approximate surface area is 176 Å². The van der Waals surface area contributed by atoms with Crippen LogP contribution in [0.1, 0.15) is 38.3 Å². The van der Waals surface area contributed by atoms with Gasteiger partial charge in [-0.15, -0.1) is 0 Å². The van der Waals surface area contributed by atoms with Crippen LogP contribution in [0.3, 0.4) is 0 Å². The number of aryl methyl sites for hydroxylation is 1. The summed E-state index contributed by atoms with van der Waals surface area (Å²) in [7, 11) is 1.33. The van der Waals surface area contributed by atoms with Crippen molar-refractivity contribution in [2.45, 2.75) is 19.4 Å². The van der Waals surface area contributed by atoms with Crippen LogP contribution in [0.2, 0.25) is 0 Å². The maximum Gasteiger partial charge on any atom is 0.337 e. The smallest absolute Gasteiger partial charge is 0.337 e. The van der Waals surface area contributed by atoms with Gasteiger partial charge in [0.2, 0.25) is 0 Å². The molecule has 5 nitrogen and oxygen atoms in total. The summed E-state index contributed by atoms with van der Waals surface area (Å²) in [4.78, 5) is 26.6. The van der Waals surface area contributed by atoms with E-state index in [9.17, 15) is 9.59 Å². The van der Waals surface area contributed by atoms with E-state index in [1.807, 2.05) is 24.3 Å². The number of nitrogens with one attached hydrogen (secondary N) is 1. The van der Waals surface area contributed by atoms with Crippen LogP contribution in [-0.4, -0.2) is 25.5 Å². The number of ether oxygens (including phenoxy) is 1. The third kappa shape index (κ3) is 4.35. The first kappa shape index (κ1) is 19.7. The lowest BCUT2D eigenvalue weighted by Gasteiger charge is -2.31. The number of esters is 1. The Hall–Kier alpha value is -3.60. The van der Waals surface area contributed by atoms with Crippen LogP contribution < -0.4 is 10.2 Å². The largest absolute Gasteiger partial charge is 0.465 e. The molecule has 3 aromatic rings. The van der Waals surface area contributed by atoms with Crippen molar-refractivity contribution in [1.82, 2.24) is 0 Å². The maximum absolute atomic E-state index is 12.6.